The third-order valence-corrected chi connectivity index (χ3v) is 6.15. The van der Waals surface area contributed by atoms with Crippen LogP contribution in [0.3, 0.4) is 0 Å². The van der Waals surface area contributed by atoms with Crippen LogP contribution in [0.1, 0.15) is 11.1 Å². The number of ether oxygens (including phenoxy) is 2. The lowest BCUT2D eigenvalue weighted by molar-refractivity contribution is -0.118. The molecule has 8 nitrogen and oxygen atoms in total. The number of benzene rings is 3. The van der Waals surface area contributed by atoms with Gasteiger partial charge in [0, 0.05) is 11.3 Å². The minimum Gasteiger partial charge on any atom is -0.497 e. The van der Waals surface area contributed by atoms with Gasteiger partial charge in [-0.05, 0) is 66.6 Å². The second kappa shape index (κ2) is 11.3. The Morgan fingerprint density at radius 1 is 0.971 bits per heavy atom. The molecule has 4 rings (SSSR count). The molecule has 1 aromatic heterocycles. The third kappa shape index (κ3) is 5.88. The quantitative estimate of drug-likeness (QED) is 0.212. The number of carbonyl (C=O) groups excluding carboxylic acids is 1. The van der Waals surface area contributed by atoms with Crippen molar-refractivity contribution in [3.8, 4) is 28.6 Å². The van der Waals surface area contributed by atoms with Gasteiger partial charge in [0.25, 0.3) is 5.91 Å². The fourth-order valence-electron chi connectivity index (χ4n) is 3.32. The van der Waals surface area contributed by atoms with Crippen molar-refractivity contribution in [2.75, 3.05) is 20.0 Å². The van der Waals surface area contributed by atoms with Crippen LogP contribution in [0.25, 0.3) is 17.1 Å². The van der Waals surface area contributed by atoms with Crippen molar-refractivity contribution in [1.29, 1.82) is 0 Å². The Morgan fingerprint density at radius 3 is 2.29 bits per heavy atom. The topological polar surface area (TPSA) is 90.6 Å². The molecule has 0 spiro atoms. The maximum Gasteiger partial charge on any atom is 0.250 e. The highest BCUT2D eigenvalue weighted by molar-refractivity contribution is 7.99. The van der Waals surface area contributed by atoms with Crippen LogP contribution in [-0.4, -0.2) is 46.9 Å². The van der Waals surface area contributed by atoms with E-state index in [1.54, 1.807) is 20.4 Å². The summed E-state index contributed by atoms with van der Waals surface area (Å²) in [5.74, 6) is 2.03. The van der Waals surface area contributed by atoms with E-state index in [9.17, 15) is 4.79 Å². The second-order valence-electron chi connectivity index (χ2n) is 7.51. The highest BCUT2D eigenvalue weighted by Crippen LogP contribution is 2.29. The van der Waals surface area contributed by atoms with Crippen LogP contribution in [0.5, 0.6) is 11.5 Å². The molecule has 0 saturated heterocycles. The van der Waals surface area contributed by atoms with Gasteiger partial charge in [-0.3, -0.25) is 9.36 Å². The Kier molecular flexibility index (Phi) is 7.79. The summed E-state index contributed by atoms with van der Waals surface area (Å²) in [5.41, 5.74) is 6.32. The summed E-state index contributed by atoms with van der Waals surface area (Å²) in [4.78, 5) is 12.4. The highest BCUT2D eigenvalue weighted by Gasteiger charge is 2.17. The van der Waals surface area contributed by atoms with E-state index in [0.717, 1.165) is 33.9 Å². The molecule has 1 amide bonds. The molecule has 0 aliphatic carbocycles. The van der Waals surface area contributed by atoms with Gasteiger partial charge < -0.3 is 9.47 Å². The Morgan fingerprint density at radius 2 is 1.63 bits per heavy atom. The minimum absolute atomic E-state index is 0.127. The Bertz CT molecular complexity index is 1320. The number of carbonyl (C=O) groups is 1. The number of aryl methyl sites for hydroxylation is 1. The first-order valence-corrected chi connectivity index (χ1v) is 11.8. The molecule has 178 valence electrons. The van der Waals surface area contributed by atoms with E-state index < -0.39 is 0 Å². The number of hydrogen-bond acceptors (Lipinski definition) is 7. The van der Waals surface area contributed by atoms with Crippen molar-refractivity contribution >= 4 is 23.9 Å². The van der Waals surface area contributed by atoms with Gasteiger partial charge in [-0.2, -0.15) is 5.10 Å². The molecule has 0 unspecified atom stereocenters. The molecule has 0 aliphatic rings. The number of thioether (sulfide) groups is 1. The van der Waals surface area contributed by atoms with E-state index in [1.807, 2.05) is 84.3 Å². The van der Waals surface area contributed by atoms with E-state index in [2.05, 4.69) is 20.7 Å². The summed E-state index contributed by atoms with van der Waals surface area (Å²) in [6.07, 6.45) is 1.64. The van der Waals surface area contributed by atoms with Gasteiger partial charge in [0.1, 0.15) is 11.5 Å². The fourth-order valence-corrected chi connectivity index (χ4v) is 4.07. The van der Waals surface area contributed by atoms with Crippen LogP contribution in [0.15, 0.2) is 83.1 Å². The molecule has 4 aromatic rings. The number of hydrazone groups is 1. The second-order valence-corrected chi connectivity index (χ2v) is 8.45. The molecule has 0 fully saturated rings. The fraction of sp³-hybridized carbons (Fsp3) is 0.154. The molecule has 0 saturated carbocycles. The molecule has 0 bridgehead atoms. The predicted octanol–water partition coefficient (Wildman–Crippen LogP) is 4.50. The number of nitrogens with one attached hydrogen (secondary N) is 1. The van der Waals surface area contributed by atoms with Crippen molar-refractivity contribution < 1.29 is 14.3 Å². The number of aromatic nitrogens is 3. The van der Waals surface area contributed by atoms with Crippen LogP contribution < -0.4 is 14.9 Å². The molecule has 35 heavy (non-hydrogen) atoms. The summed E-state index contributed by atoms with van der Waals surface area (Å²) < 4.78 is 12.5. The van der Waals surface area contributed by atoms with Crippen LogP contribution in [0.2, 0.25) is 0 Å². The molecular formula is C26H25N5O3S. The number of nitrogens with zero attached hydrogens (tertiary/aromatic N) is 4. The van der Waals surface area contributed by atoms with Gasteiger partial charge in [-0.25, -0.2) is 5.43 Å². The van der Waals surface area contributed by atoms with Gasteiger partial charge in [0.2, 0.25) is 0 Å². The van der Waals surface area contributed by atoms with Gasteiger partial charge in [0.15, 0.2) is 11.0 Å². The summed E-state index contributed by atoms with van der Waals surface area (Å²) in [5, 5.41) is 13.4. The zero-order valence-corrected chi connectivity index (χ0v) is 20.5. The lowest BCUT2D eigenvalue weighted by atomic mass is 10.1. The molecule has 1 N–H and O–H groups in total. The van der Waals surface area contributed by atoms with E-state index in [4.69, 9.17) is 9.47 Å². The van der Waals surface area contributed by atoms with Crippen molar-refractivity contribution in [3.05, 3.63) is 83.9 Å². The van der Waals surface area contributed by atoms with Gasteiger partial charge in [0.05, 0.1) is 26.2 Å². The van der Waals surface area contributed by atoms with E-state index in [-0.39, 0.29) is 11.7 Å². The van der Waals surface area contributed by atoms with E-state index in [0.29, 0.717) is 11.0 Å². The maximum absolute atomic E-state index is 12.4. The molecular weight excluding hydrogens is 462 g/mol. The molecule has 1 heterocycles. The third-order valence-electron chi connectivity index (χ3n) is 5.23. The largest absolute Gasteiger partial charge is 0.497 e. The predicted molar refractivity (Wildman–Crippen MR) is 138 cm³/mol. The molecule has 3 aromatic carbocycles. The molecule has 0 radical (unpaired) electrons. The first kappa shape index (κ1) is 24.0. The summed E-state index contributed by atoms with van der Waals surface area (Å²) in [6, 6.07) is 23.0. The Balaban J connectivity index is 1.54. The minimum atomic E-state index is -0.241. The normalized spacial score (nSPS) is 10.9. The van der Waals surface area contributed by atoms with Crippen molar-refractivity contribution in [1.82, 2.24) is 20.2 Å². The average Bonchev–Trinajstić information content (AvgIpc) is 3.32. The summed E-state index contributed by atoms with van der Waals surface area (Å²) >= 11 is 1.28. The average molecular weight is 488 g/mol. The van der Waals surface area contributed by atoms with E-state index >= 15 is 0 Å². The highest BCUT2D eigenvalue weighted by atomic mass is 32.2. The van der Waals surface area contributed by atoms with Crippen molar-refractivity contribution in [2.45, 2.75) is 12.1 Å². The van der Waals surface area contributed by atoms with Crippen molar-refractivity contribution in [2.24, 2.45) is 5.10 Å². The smallest absolute Gasteiger partial charge is 0.250 e. The Hall–Kier alpha value is -4.11. The molecule has 9 heteroatoms. The summed E-state index contributed by atoms with van der Waals surface area (Å²) in [6.45, 7) is 1.99. The first-order valence-electron chi connectivity index (χ1n) is 10.8. The number of rotatable bonds is 9. The molecule has 0 atom stereocenters. The van der Waals surface area contributed by atoms with Crippen LogP contribution in [0.4, 0.5) is 0 Å². The van der Waals surface area contributed by atoms with Gasteiger partial charge in [-0.15, -0.1) is 10.2 Å². The SMILES string of the molecule is COc1ccc(-c2nnc(SCC(=O)N/N=C/c3ccccc3C)n2-c2ccc(OC)cc2)cc1. The lowest BCUT2D eigenvalue weighted by Crippen LogP contribution is -2.20. The van der Waals surface area contributed by atoms with E-state index in [1.165, 1.54) is 11.8 Å². The number of hydrogen-bond donors (Lipinski definition) is 1. The Labute approximate surface area is 208 Å². The maximum atomic E-state index is 12.4. The zero-order valence-electron chi connectivity index (χ0n) is 19.6. The molecule has 0 aliphatic heterocycles. The zero-order chi connectivity index (χ0) is 24.6. The van der Waals surface area contributed by atoms with Crippen LogP contribution >= 0.6 is 11.8 Å². The standard InChI is InChI=1S/C26H25N5O3S/c1-18-6-4-5-7-20(18)16-27-28-24(32)17-35-26-30-29-25(19-8-12-22(33-2)13-9-19)31(26)21-10-14-23(34-3)15-11-21/h4-16H,17H2,1-3H3,(H,28,32)/b27-16+. The van der Waals surface area contributed by atoms with Crippen LogP contribution in [-0.2, 0) is 4.79 Å². The van der Waals surface area contributed by atoms with Crippen LogP contribution in [0, 0.1) is 6.92 Å². The first-order chi connectivity index (χ1) is 17.1. The van der Waals surface area contributed by atoms with Crippen molar-refractivity contribution in [3.63, 3.8) is 0 Å². The summed E-state index contributed by atoms with van der Waals surface area (Å²) in [7, 11) is 3.25. The monoisotopic (exact) mass is 487 g/mol. The van der Waals surface area contributed by atoms with Gasteiger partial charge in [-0.1, -0.05) is 36.0 Å². The number of amides is 1. The van der Waals surface area contributed by atoms with Gasteiger partial charge >= 0.3 is 0 Å². The lowest BCUT2D eigenvalue weighted by Gasteiger charge is -2.11. The number of methoxy groups -OCH3 is 2.